The quantitative estimate of drug-likeness (QED) is 0.496. The molecule has 0 radical (unpaired) electrons. The van der Waals surface area contributed by atoms with Gasteiger partial charge in [-0.3, -0.25) is 0 Å². The fourth-order valence-electron chi connectivity index (χ4n) is 1.49. The summed E-state index contributed by atoms with van der Waals surface area (Å²) >= 11 is 0. The van der Waals surface area contributed by atoms with Crippen molar-refractivity contribution >= 4 is 21.6 Å². The van der Waals surface area contributed by atoms with Crippen LogP contribution in [0.1, 0.15) is 25.0 Å². The van der Waals surface area contributed by atoms with Crippen LogP contribution in [0.5, 0.6) is 0 Å². The highest BCUT2D eigenvalue weighted by Crippen LogP contribution is 2.24. The van der Waals surface area contributed by atoms with Gasteiger partial charge in [0.1, 0.15) is 0 Å². The van der Waals surface area contributed by atoms with Gasteiger partial charge in [-0.25, -0.2) is 0 Å². The molecule has 0 amide bonds. The summed E-state index contributed by atoms with van der Waals surface area (Å²) in [4.78, 5) is 0. The van der Waals surface area contributed by atoms with E-state index in [9.17, 15) is 0 Å². The summed E-state index contributed by atoms with van der Waals surface area (Å²) in [5, 5.41) is 0. The maximum absolute atomic E-state index is 5.50. The van der Waals surface area contributed by atoms with E-state index in [2.05, 4.69) is 30.5 Å². The molecule has 0 heterocycles. The molecule has 1 rings (SSSR count). The monoisotopic (exact) mass is 302 g/mol. The Bertz CT molecular complexity index is 306. The molecule has 0 aromatic heterocycles. The predicted octanol–water partition coefficient (Wildman–Crippen LogP) is 4.43. The fourth-order valence-corrected chi connectivity index (χ4v) is 2.75. The summed E-state index contributed by atoms with van der Waals surface area (Å²) in [7, 11) is 5.38. The average molecular weight is 303 g/mol. The lowest BCUT2D eigenvalue weighted by Gasteiger charge is -2.09. The zero-order chi connectivity index (χ0) is 14.3. The molecular formula is C15H26O2S2. The highest BCUT2D eigenvalue weighted by Gasteiger charge is 2.01. The Hall–Kier alpha value is -0.160. The maximum atomic E-state index is 5.50. The smallest absolute Gasteiger partial charge is 0.0700 e. The topological polar surface area (TPSA) is 18.5 Å². The minimum atomic E-state index is 0.671. The minimum Gasteiger partial charge on any atom is -0.382 e. The summed E-state index contributed by atoms with van der Waals surface area (Å²) in [6.45, 7) is 6.12. The highest BCUT2D eigenvalue weighted by molar-refractivity contribution is 8.76. The molecule has 110 valence electrons. The molecule has 0 fully saturated rings. The number of rotatable bonds is 9. The Morgan fingerprint density at radius 3 is 2.32 bits per heavy atom. The summed E-state index contributed by atoms with van der Waals surface area (Å²) < 4.78 is 10.4. The van der Waals surface area contributed by atoms with Crippen LogP contribution in [0, 0.1) is 0 Å². The van der Waals surface area contributed by atoms with Gasteiger partial charge in [0.2, 0.25) is 0 Å². The second kappa shape index (κ2) is 14.3. The van der Waals surface area contributed by atoms with Crippen molar-refractivity contribution in [3.63, 3.8) is 0 Å². The van der Waals surface area contributed by atoms with Crippen molar-refractivity contribution in [1.29, 1.82) is 0 Å². The molecule has 0 aliphatic rings. The second-order valence-corrected chi connectivity index (χ2v) is 6.12. The van der Waals surface area contributed by atoms with Gasteiger partial charge >= 0.3 is 0 Å². The average Bonchev–Trinajstić information content (AvgIpc) is 2.48. The predicted molar refractivity (Wildman–Crippen MR) is 89.0 cm³/mol. The lowest BCUT2D eigenvalue weighted by molar-refractivity contribution is 0.0722. The molecule has 19 heavy (non-hydrogen) atoms. The van der Waals surface area contributed by atoms with Crippen LogP contribution in [0.4, 0.5) is 0 Å². The molecule has 0 bridgehead atoms. The first-order chi connectivity index (χ1) is 9.38. The molecular weight excluding hydrogens is 276 g/mol. The van der Waals surface area contributed by atoms with Crippen LogP contribution in [0.25, 0.3) is 0 Å². The van der Waals surface area contributed by atoms with E-state index in [1.165, 1.54) is 11.1 Å². The third-order valence-corrected chi connectivity index (χ3v) is 4.12. The van der Waals surface area contributed by atoms with Crippen LogP contribution in [-0.4, -0.2) is 33.2 Å². The molecule has 1 aromatic carbocycles. The molecule has 0 spiro atoms. The maximum Gasteiger partial charge on any atom is 0.0700 e. The minimum absolute atomic E-state index is 0.671. The molecule has 0 aliphatic carbocycles. The van der Waals surface area contributed by atoms with E-state index in [0.717, 1.165) is 18.8 Å². The molecule has 0 saturated heterocycles. The van der Waals surface area contributed by atoms with Crippen molar-refractivity contribution in [2.75, 3.05) is 33.2 Å². The van der Waals surface area contributed by atoms with Crippen molar-refractivity contribution < 1.29 is 9.47 Å². The Kier molecular flexibility index (Phi) is 14.1. The molecule has 0 unspecified atom stereocenters. The summed E-state index contributed by atoms with van der Waals surface area (Å²) in [5.74, 6) is 1.06. The normalized spacial score (nSPS) is 9.89. The Labute approximate surface area is 126 Å². The van der Waals surface area contributed by atoms with E-state index in [1.807, 2.05) is 35.4 Å². The van der Waals surface area contributed by atoms with Crippen molar-refractivity contribution in [1.82, 2.24) is 0 Å². The molecule has 2 nitrogen and oxygen atoms in total. The SMILES string of the molecule is CC.COCCOCCc1ccccc1CSSC. The first-order valence-electron chi connectivity index (χ1n) is 6.67. The van der Waals surface area contributed by atoms with E-state index in [1.54, 1.807) is 7.11 Å². The molecule has 0 aliphatic heterocycles. The number of hydrogen-bond donors (Lipinski definition) is 0. The van der Waals surface area contributed by atoms with Crippen molar-refractivity contribution in [2.24, 2.45) is 0 Å². The van der Waals surface area contributed by atoms with Crippen LogP contribution in [-0.2, 0) is 21.6 Å². The van der Waals surface area contributed by atoms with E-state index >= 15 is 0 Å². The van der Waals surface area contributed by atoms with Gasteiger partial charge in [0.25, 0.3) is 0 Å². The lowest BCUT2D eigenvalue weighted by Crippen LogP contribution is -2.06. The van der Waals surface area contributed by atoms with E-state index in [4.69, 9.17) is 9.47 Å². The van der Waals surface area contributed by atoms with E-state index < -0.39 is 0 Å². The van der Waals surface area contributed by atoms with Gasteiger partial charge in [-0.2, -0.15) is 0 Å². The molecule has 0 atom stereocenters. The van der Waals surface area contributed by atoms with Gasteiger partial charge in [-0.05, 0) is 23.8 Å². The Morgan fingerprint density at radius 1 is 1.00 bits per heavy atom. The third kappa shape index (κ3) is 9.38. The second-order valence-electron chi connectivity index (χ2n) is 3.55. The molecule has 0 N–H and O–H groups in total. The van der Waals surface area contributed by atoms with Crippen molar-refractivity contribution in [3.8, 4) is 0 Å². The van der Waals surface area contributed by atoms with Crippen molar-refractivity contribution in [3.05, 3.63) is 35.4 Å². The fraction of sp³-hybridized carbons (Fsp3) is 0.600. The number of methoxy groups -OCH3 is 1. The van der Waals surface area contributed by atoms with Gasteiger partial charge in [0, 0.05) is 12.9 Å². The van der Waals surface area contributed by atoms with Crippen LogP contribution >= 0.6 is 21.6 Å². The van der Waals surface area contributed by atoms with E-state index in [-0.39, 0.29) is 0 Å². The highest BCUT2D eigenvalue weighted by atomic mass is 33.1. The van der Waals surface area contributed by atoms with Crippen LogP contribution in [0.3, 0.4) is 0 Å². The Balaban J connectivity index is 0.00000154. The van der Waals surface area contributed by atoms with Gasteiger partial charge in [-0.1, -0.05) is 59.7 Å². The summed E-state index contributed by atoms with van der Waals surface area (Å²) in [6.07, 6.45) is 3.09. The first kappa shape index (κ1) is 18.8. The zero-order valence-electron chi connectivity index (χ0n) is 12.5. The molecule has 4 heteroatoms. The van der Waals surface area contributed by atoms with Gasteiger partial charge < -0.3 is 9.47 Å². The van der Waals surface area contributed by atoms with Gasteiger partial charge in [0.05, 0.1) is 19.8 Å². The van der Waals surface area contributed by atoms with Crippen molar-refractivity contribution in [2.45, 2.75) is 26.0 Å². The van der Waals surface area contributed by atoms with Crippen LogP contribution in [0.15, 0.2) is 24.3 Å². The van der Waals surface area contributed by atoms with Gasteiger partial charge in [-0.15, -0.1) is 0 Å². The van der Waals surface area contributed by atoms with Crippen LogP contribution in [0.2, 0.25) is 0 Å². The van der Waals surface area contributed by atoms with E-state index in [0.29, 0.717) is 13.2 Å². The number of benzene rings is 1. The Morgan fingerprint density at radius 2 is 1.68 bits per heavy atom. The van der Waals surface area contributed by atoms with Gasteiger partial charge in [0.15, 0.2) is 0 Å². The summed E-state index contributed by atoms with van der Waals surface area (Å²) in [6, 6.07) is 8.59. The lowest BCUT2D eigenvalue weighted by atomic mass is 10.1. The first-order valence-corrected chi connectivity index (χ1v) is 9.40. The largest absolute Gasteiger partial charge is 0.382 e. The number of ether oxygens (including phenoxy) is 2. The molecule has 1 aromatic rings. The zero-order valence-corrected chi connectivity index (χ0v) is 14.1. The van der Waals surface area contributed by atoms with Crippen LogP contribution < -0.4 is 0 Å². The third-order valence-electron chi connectivity index (χ3n) is 2.40. The number of hydrogen-bond acceptors (Lipinski definition) is 4. The standard InChI is InChI=1S/C13H20O2S2.C2H6/c1-14-9-10-15-8-7-12-5-3-4-6-13(12)11-17-16-2;1-2/h3-6H,7-11H2,1-2H3;1-2H3. The summed E-state index contributed by atoms with van der Waals surface area (Å²) in [5.41, 5.74) is 2.81. The molecule has 0 saturated carbocycles.